The SMILES string of the molecule is N#Cc1cccc(C(=O)N2CCCn3cnc(CN4CCCC4)c3C2)c1. The number of nitrogens with zero attached hydrogens (tertiary/aromatic N) is 5. The molecule has 0 radical (unpaired) electrons. The minimum absolute atomic E-state index is 0.0103. The van der Waals surface area contributed by atoms with Crippen LogP contribution in [0, 0.1) is 11.3 Å². The average Bonchev–Trinajstić information content (AvgIpc) is 3.26. The van der Waals surface area contributed by atoms with Gasteiger partial charge < -0.3 is 9.47 Å². The molecule has 0 spiro atoms. The number of imidazole rings is 1. The van der Waals surface area contributed by atoms with E-state index in [1.54, 1.807) is 24.3 Å². The van der Waals surface area contributed by atoms with Crippen molar-refractivity contribution < 1.29 is 4.79 Å². The molecule has 134 valence electrons. The molecule has 0 bridgehead atoms. The maximum Gasteiger partial charge on any atom is 0.254 e. The molecule has 2 aliphatic heterocycles. The first kappa shape index (κ1) is 16.8. The van der Waals surface area contributed by atoms with Gasteiger partial charge in [0, 0.05) is 25.2 Å². The molecule has 0 saturated carbocycles. The maximum atomic E-state index is 13.0. The molecule has 26 heavy (non-hydrogen) atoms. The molecule has 2 aliphatic rings. The quantitative estimate of drug-likeness (QED) is 0.853. The third kappa shape index (κ3) is 3.35. The van der Waals surface area contributed by atoms with Crippen LogP contribution in [-0.2, 0) is 19.6 Å². The first-order valence-corrected chi connectivity index (χ1v) is 9.29. The van der Waals surface area contributed by atoms with E-state index in [0.717, 1.165) is 50.5 Å². The molecule has 0 N–H and O–H groups in total. The van der Waals surface area contributed by atoms with Gasteiger partial charge in [-0.25, -0.2) is 4.98 Å². The molecular weight excluding hydrogens is 326 g/mol. The number of nitriles is 1. The standard InChI is InChI=1S/C20H23N5O/c21-12-16-5-3-6-17(11-16)20(26)24-9-4-10-25-15-22-18(19(25)14-24)13-23-7-1-2-8-23/h3,5-6,11,15H,1-2,4,7-10,13-14H2. The summed E-state index contributed by atoms with van der Waals surface area (Å²) < 4.78 is 2.20. The van der Waals surface area contributed by atoms with E-state index in [0.29, 0.717) is 17.7 Å². The van der Waals surface area contributed by atoms with Gasteiger partial charge in [-0.05, 0) is 50.6 Å². The summed E-state index contributed by atoms with van der Waals surface area (Å²) in [6, 6.07) is 9.07. The Labute approximate surface area is 153 Å². The van der Waals surface area contributed by atoms with Crippen LogP contribution in [0.4, 0.5) is 0 Å². The van der Waals surface area contributed by atoms with Crippen molar-refractivity contribution in [1.29, 1.82) is 5.26 Å². The van der Waals surface area contributed by atoms with Crippen molar-refractivity contribution in [2.45, 2.75) is 38.9 Å². The van der Waals surface area contributed by atoms with Gasteiger partial charge >= 0.3 is 0 Å². The fourth-order valence-electron chi connectivity index (χ4n) is 3.88. The molecular formula is C20H23N5O. The van der Waals surface area contributed by atoms with Crippen LogP contribution in [0.2, 0.25) is 0 Å². The highest BCUT2D eigenvalue weighted by molar-refractivity contribution is 5.94. The Kier molecular flexibility index (Phi) is 4.72. The van der Waals surface area contributed by atoms with E-state index in [4.69, 9.17) is 5.26 Å². The van der Waals surface area contributed by atoms with E-state index in [1.807, 2.05) is 11.2 Å². The Morgan fingerprint density at radius 2 is 2.00 bits per heavy atom. The number of hydrogen-bond donors (Lipinski definition) is 0. The number of aryl methyl sites for hydroxylation is 1. The fraction of sp³-hybridized carbons (Fsp3) is 0.450. The number of amides is 1. The molecule has 6 nitrogen and oxygen atoms in total. The molecule has 1 amide bonds. The predicted octanol–water partition coefficient (Wildman–Crippen LogP) is 2.40. The van der Waals surface area contributed by atoms with Crippen LogP contribution in [0.15, 0.2) is 30.6 Å². The van der Waals surface area contributed by atoms with E-state index in [9.17, 15) is 4.79 Å². The first-order valence-electron chi connectivity index (χ1n) is 9.29. The highest BCUT2D eigenvalue weighted by atomic mass is 16.2. The van der Waals surface area contributed by atoms with Crippen molar-refractivity contribution in [3.05, 3.63) is 53.1 Å². The number of benzene rings is 1. The van der Waals surface area contributed by atoms with Crippen molar-refractivity contribution in [3.63, 3.8) is 0 Å². The lowest BCUT2D eigenvalue weighted by molar-refractivity contribution is 0.0745. The summed E-state index contributed by atoms with van der Waals surface area (Å²) in [4.78, 5) is 22.0. The van der Waals surface area contributed by atoms with Crippen molar-refractivity contribution in [3.8, 4) is 6.07 Å². The topological polar surface area (TPSA) is 65.2 Å². The van der Waals surface area contributed by atoms with Crippen LogP contribution in [0.25, 0.3) is 0 Å². The molecule has 1 aromatic heterocycles. The number of carbonyl (C=O) groups is 1. The minimum atomic E-state index is -0.0103. The highest BCUT2D eigenvalue weighted by Crippen LogP contribution is 2.21. The zero-order chi connectivity index (χ0) is 17.9. The molecule has 3 heterocycles. The summed E-state index contributed by atoms with van der Waals surface area (Å²) in [6.07, 6.45) is 5.35. The Hall–Kier alpha value is -2.65. The van der Waals surface area contributed by atoms with Gasteiger partial charge in [0.2, 0.25) is 0 Å². The van der Waals surface area contributed by atoms with Crippen LogP contribution in [0.5, 0.6) is 0 Å². The lowest BCUT2D eigenvalue weighted by Gasteiger charge is -2.21. The van der Waals surface area contributed by atoms with E-state index in [-0.39, 0.29) is 5.91 Å². The normalized spacial score (nSPS) is 17.6. The van der Waals surface area contributed by atoms with Crippen LogP contribution in [0.3, 0.4) is 0 Å². The summed E-state index contributed by atoms with van der Waals surface area (Å²) in [7, 11) is 0. The largest absolute Gasteiger partial charge is 0.333 e. The van der Waals surface area contributed by atoms with Gasteiger partial charge in [0.1, 0.15) is 0 Å². The summed E-state index contributed by atoms with van der Waals surface area (Å²) in [5, 5.41) is 9.08. The van der Waals surface area contributed by atoms with Crippen LogP contribution in [0.1, 0.15) is 46.6 Å². The van der Waals surface area contributed by atoms with E-state index in [2.05, 4.69) is 20.5 Å². The molecule has 1 fully saturated rings. The Morgan fingerprint density at radius 1 is 1.15 bits per heavy atom. The molecule has 0 unspecified atom stereocenters. The van der Waals surface area contributed by atoms with Gasteiger partial charge in [-0.1, -0.05) is 6.07 Å². The Morgan fingerprint density at radius 3 is 2.81 bits per heavy atom. The van der Waals surface area contributed by atoms with Gasteiger partial charge in [-0.3, -0.25) is 9.69 Å². The lowest BCUT2D eigenvalue weighted by atomic mass is 10.1. The van der Waals surface area contributed by atoms with Crippen molar-refractivity contribution in [1.82, 2.24) is 19.4 Å². The number of rotatable bonds is 3. The summed E-state index contributed by atoms with van der Waals surface area (Å²) in [5.74, 6) is -0.0103. The van der Waals surface area contributed by atoms with E-state index >= 15 is 0 Å². The number of likely N-dealkylation sites (tertiary alicyclic amines) is 1. The van der Waals surface area contributed by atoms with E-state index < -0.39 is 0 Å². The van der Waals surface area contributed by atoms with E-state index in [1.165, 1.54) is 12.8 Å². The third-order valence-corrected chi connectivity index (χ3v) is 5.30. The Balaban J connectivity index is 1.56. The molecule has 4 rings (SSSR count). The van der Waals surface area contributed by atoms with Crippen molar-refractivity contribution in [2.75, 3.05) is 19.6 Å². The number of hydrogen-bond acceptors (Lipinski definition) is 4. The van der Waals surface area contributed by atoms with Crippen LogP contribution < -0.4 is 0 Å². The van der Waals surface area contributed by atoms with Crippen molar-refractivity contribution >= 4 is 5.91 Å². The first-order chi connectivity index (χ1) is 12.7. The molecule has 0 atom stereocenters. The summed E-state index contributed by atoms with van der Waals surface area (Å²) in [5.41, 5.74) is 3.35. The zero-order valence-corrected chi connectivity index (χ0v) is 14.9. The lowest BCUT2D eigenvalue weighted by Crippen LogP contribution is -2.31. The maximum absolute atomic E-state index is 13.0. The molecule has 6 heteroatoms. The fourth-order valence-corrected chi connectivity index (χ4v) is 3.88. The summed E-state index contributed by atoms with van der Waals surface area (Å²) in [6.45, 7) is 5.34. The van der Waals surface area contributed by atoms with Gasteiger partial charge in [-0.15, -0.1) is 0 Å². The number of fused-ring (bicyclic) bond motifs is 1. The second-order valence-corrected chi connectivity index (χ2v) is 7.09. The number of carbonyl (C=O) groups excluding carboxylic acids is 1. The minimum Gasteiger partial charge on any atom is -0.333 e. The van der Waals surface area contributed by atoms with Gasteiger partial charge in [0.15, 0.2) is 0 Å². The monoisotopic (exact) mass is 349 g/mol. The number of aromatic nitrogens is 2. The molecule has 0 aliphatic carbocycles. The second-order valence-electron chi connectivity index (χ2n) is 7.09. The predicted molar refractivity (Wildman–Crippen MR) is 97.3 cm³/mol. The molecule has 1 saturated heterocycles. The zero-order valence-electron chi connectivity index (χ0n) is 14.9. The smallest absolute Gasteiger partial charge is 0.254 e. The van der Waals surface area contributed by atoms with Crippen LogP contribution >= 0.6 is 0 Å². The highest BCUT2D eigenvalue weighted by Gasteiger charge is 2.24. The van der Waals surface area contributed by atoms with Gasteiger partial charge in [-0.2, -0.15) is 5.26 Å². The van der Waals surface area contributed by atoms with Crippen LogP contribution in [-0.4, -0.2) is 44.9 Å². The molecule has 2 aromatic rings. The van der Waals surface area contributed by atoms with Gasteiger partial charge in [0.25, 0.3) is 5.91 Å². The second kappa shape index (κ2) is 7.30. The average molecular weight is 349 g/mol. The molecule has 1 aromatic carbocycles. The summed E-state index contributed by atoms with van der Waals surface area (Å²) >= 11 is 0. The van der Waals surface area contributed by atoms with Gasteiger partial charge in [0.05, 0.1) is 35.9 Å². The van der Waals surface area contributed by atoms with Crippen molar-refractivity contribution in [2.24, 2.45) is 0 Å². The Bertz CT molecular complexity index is 844. The third-order valence-electron chi connectivity index (χ3n) is 5.30.